The highest BCUT2D eigenvalue weighted by molar-refractivity contribution is 5.87. The molecule has 0 radical (unpaired) electrons. The minimum Gasteiger partial charge on any atom is -0.454 e. The van der Waals surface area contributed by atoms with Gasteiger partial charge in [0.25, 0.3) is 0 Å². The van der Waals surface area contributed by atoms with Crippen LogP contribution in [-0.2, 0) is 9.53 Å². The Morgan fingerprint density at radius 1 is 1.25 bits per heavy atom. The number of carbonyl (C=O) groups is 1. The van der Waals surface area contributed by atoms with E-state index in [1.165, 1.54) is 24.8 Å². The van der Waals surface area contributed by atoms with Crippen LogP contribution in [0.25, 0.3) is 0 Å². The zero-order chi connectivity index (χ0) is 15.0. The molecular formula is C18H26O2. The molecule has 0 aromatic heterocycles. The fourth-order valence-electron chi connectivity index (χ4n) is 2.21. The SMILES string of the molecule is C=C(C)C(=O)OC(CCCCCC)c1ccccc1C. The second kappa shape index (κ2) is 8.57. The molecule has 0 fully saturated rings. The van der Waals surface area contributed by atoms with Gasteiger partial charge in [-0.15, -0.1) is 0 Å². The van der Waals surface area contributed by atoms with E-state index in [1.807, 2.05) is 18.2 Å². The van der Waals surface area contributed by atoms with Crippen LogP contribution in [-0.4, -0.2) is 5.97 Å². The maximum Gasteiger partial charge on any atom is 0.333 e. The Kier molecular flexibility index (Phi) is 7.06. The van der Waals surface area contributed by atoms with Crippen LogP contribution in [0.2, 0.25) is 0 Å². The first-order valence-electron chi connectivity index (χ1n) is 7.48. The molecule has 0 saturated carbocycles. The first kappa shape index (κ1) is 16.5. The van der Waals surface area contributed by atoms with Gasteiger partial charge in [-0.05, 0) is 37.8 Å². The lowest BCUT2D eigenvalue weighted by molar-refractivity contribution is -0.145. The van der Waals surface area contributed by atoms with Crippen LogP contribution in [0.3, 0.4) is 0 Å². The van der Waals surface area contributed by atoms with Crippen molar-refractivity contribution in [1.29, 1.82) is 0 Å². The highest BCUT2D eigenvalue weighted by Crippen LogP contribution is 2.27. The van der Waals surface area contributed by atoms with Crippen molar-refractivity contribution < 1.29 is 9.53 Å². The molecule has 0 aliphatic heterocycles. The number of ether oxygens (including phenoxy) is 1. The summed E-state index contributed by atoms with van der Waals surface area (Å²) in [7, 11) is 0. The van der Waals surface area contributed by atoms with E-state index in [2.05, 4.69) is 26.5 Å². The molecule has 2 nitrogen and oxygen atoms in total. The number of benzene rings is 1. The van der Waals surface area contributed by atoms with Crippen molar-refractivity contribution in [3.8, 4) is 0 Å². The van der Waals surface area contributed by atoms with Crippen molar-refractivity contribution in [1.82, 2.24) is 0 Å². The normalized spacial score (nSPS) is 11.9. The van der Waals surface area contributed by atoms with E-state index in [9.17, 15) is 4.79 Å². The van der Waals surface area contributed by atoms with Crippen molar-refractivity contribution in [3.05, 3.63) is 47.5 Å². The molecule has 1 atom stereocenters. The lowest BCUT2D eigenvalue weighted by atomic mass is 9.98. The zero-order valence-corrected chi connectivity index (χ0v) is 12.9. The van der Waals surface area contributed by atoms with E-state index in [1.54, 1.807) is 6.92 Å². The van der Waals surface area contributed by atoms with Crippen LogP contribution in [0, 0.1) is 6.92 Å². The molecule has 2 heteroatoms. The fourth-order valence-corrected chi connectivity index (χ4v) is 2.21. The van der Waals surface area contributed by atoms with Gasteiger partial charge in [-0.2, -0.15) is 0 Å². The molecule has 0 heterocycles. The highest BCUT2D eigenvalue weighted by atomic mass is 16.5. The summed E-state index contributed by atoms with van der Waals surface area (Å²) in [5, 5.41) is 0. The summed E-state index contributed by atoms with van der Waals surface area (Å²) >= 11 is 0. The van der Waals surface area contributed by atoms with E-state index in [0.29, 0.717) is 5.57 Å². The molecule has 1 aromatic rings. The Morgan fingerprint density at radius 3 is 2.55 bits per heavy atom. The first-order chi connectivity index (χ1) is 9.56. The Labute approximate surface area is 122 Å². The number of aryl methyl sites for hydroxylation is 1. The molecule has 20 heavy (non-hydrogen) atoms. The summed E-state index contributed by atoms with van der Waals surface area (Å²) in [5.74, 6) is -0.297. The zero-order valence-electron chi connectivity index (χ0n) is 12.9. The summed E-state index contributed by atoms with van der Waals surface area (Å²) in [6.45, 7) is 9.60. The maximum absolute atomic E-state index is 11.8. The fraction of sp³-hybridized carbons (Fsp3) is 0.500. The lowest BCUT2D eigenvalue weighted by Crippen LogP contribution is -2.13. The predicted octanol–water partition coefficient (Wildman–Crippen LogP) is 5.13. The minimum absolute atomic E-state index is 0.155. The highest BCUT2D eigenvalue weighted by Gasteiger charge is 2.18. The number of rotatable bonds is 8. The van der Waals surface area contributed by atoms with Gasteiger partial charge in [0.1, 0.15) is 6.10 Å². The average Bonchev–Trinajstić information content (AvgIpc) is 2.42. The number of hydrogen-bond donors (Lipinski definition) is 0. The molecule has 1 rings (SSSR count). The Bertz CT molecular complexity index is 448. The van der Waals surface area contributed by atoms with Crippen molar-refractivity contribution >= 4 is 5.97 Å². The molecule has 1 unspecified atom stereocenters. The lowest BCUT2D eigenvalue weighted by Gasteiger charge is -2.20. The van der Waals surface area contributed by atoms with Crippen LogP contribution in [0.4, 0.5) is 0 Å². The quantitative estimate of drug-likeness (QED) is 0.373. The van der Waals surface area contributed by atoms with Gasteiger partial charge in [0.05, 0.1) is 0 Å². The molecule has 0 N–H and O–H groups in total. The molecule has 0 amide bonds. The monoisotopic (exact) mass is 274 g/mol. The van der Waals surface area contributed by atoms with Gasteiger partial charge in [-0.3, -0.25) is 0 Å². The van der Waals surface area contributed by atoms with Gasteiger partial charge in [-0.1, -0.05) is 57.0 Å². The third-order valence-corrected chi connectivity index (χ3v) is 3.45. The first-order valence-corrected chi connectivity index (χ1v) is 7.48. The predicted molar refractivity (Wildman–Crippen MR) is 83.6 cm³/mol. The van der Waals surface area contributed by atoms with E-state index >= 15 is 0 Å². The van der Waals surface area contributed by atoms with Gasteiger partial charge < -0.3 is 4.74 Å². The smallest absolute Gasteiger partial charge is 0.333 e. The molecule has 0 aliphatic carbocycles. The van der Waals surface area contributed by atoms with Crippen molar-refractivity contribution in [2.24, 2.45) is 0 Å². The third kappa shape index (κ3) is 5.20. The summed E-state index contributed by atoms with van der Waals surface area (Å²) in [6.07, 6.45) is 5.43. The standard InChI is InChI=1S/C18H26O2/c1-5-6-7-8-13-17(20-18(19)14(2)3)16-12-10-9-11-15(16)4/h9-12,17H,2,5-8,13H2,1,3-4H3. The summed E-state index contributed by atoms with van der Waals surface area (Å²) in [5.41, 5.74) is 2.73. The topological polar surface area (TPSA) is 26.3 Å². The maximum atomic E-state index is 11.8. The van der Waals surface area contributed by atoms with Crippen LogP contribution in [0.5, 0.6) is 0 Å². The number of unbranched alkanes of at least 4 members (excludes halogenated alkanes) is 3. The molecule has 0 aliphatic rings. The number of carbonyl (C=O) groups excluding carboxylic acids is 1. The Morgan fingerprint density at radius 2 is 1.95 bits per heavy atom. The number of hydrogen-bond acceptors (Lipinski definition) is 2. The van der Waals surface area contributed by atoms with Crippen molar-refractivity contribution in [2.75, 3.05) is 0 Å². The van der Waals surface area contributed by atoms with Gasteiger partial charge in [-0.25, -0.2) is 4.79 Å². The van der Waals surface area contributed by atoms with Crippen LogP contribution in [0.15, 0.2) is 36.4 Å². The second-order valence-electron chi connectivity index (χ2n) is 5.38. The van der Waals surface area contributed by atoms with Gasteiger partial charge in [0, 0.05) is 5.57 Å². The van der Waals surface area contributed by atoms with Crippen molar-refractivity contribution in [2.45, 2.75) is 59.0 Å². The van der Waals surface area contributed by atoms with Crippen LogP contribution in [0.1, 0.15) is 63.2 Å². The molecule has 0 spiro atoms. The summed E-state index contributed by atoms with van der Waals surface area (Å²) in [6, 6.07) is 8.11. The van der Waals surface area contributed by atoms with Gasteiger partial charge >= 0.3 is 5.97 Å². The second-order valence-corrected chi connectivity index (χ2v) is 5.38. The van der Waals surface area contributed by atoms with Gasteiger partial charge in [0.15, 0.2) is 0 Å². The van der Waals surface area contributed by atoms with E-state index in [4.69, 9.17) is 4.74 Å². The van der Waals surface area contributed by atoms with Crippen LogP contribution < -0.4 is 0 Å². The Hall–Kier alpha value is -1.57. The summed E-state index contributed by atoms with van der Waals surface area (Å²) < 4.78 is 5.62. The van der Waals surface area contributed by atoms with Gasteiger partial charge in [0.2, 0.25) is 0 Å². The molecule has 110 valence electrons. The van der Waals surface area contributed by atoms with Crippen LogP contribution >= 0.6 is 0 Å². The average molecular weight is 274 g/mol. The summed E-state index contributed by atoms with van der Waals surface area (Å²) in [4.78, 5) is 11.8. The molecule has 0 saturated heterocycles. The molecule has 1 aromatic carbocycles. The Balaban J connectivity index is 2.76. The van der Waals surface area contributed by atoms with E-state index in [0.717, 1.165) is 18.4 Å². The largest absolute Gasteiger partial charge is 0.454 e. The number of esters is 1. The third-order valence-electron chi connectivity index (χ3n) is 3.45. The minimum atomic E-state index is -0.297. The van der Waals surface area contributed by atoms with E-state index in [-0.39, 0.29) is 12.1 Å². The molecule has 0 bridgehead atoms. The van der Waals surface area contributed by atoms with E-state index < -0.39 is 0 Å². The van der Waals surface area contributed by atoms with Crippen molar-refractivity contribution in [3.63, 3.8) is 0 Å². The molecular weight excluding hydrogens is 248 g/mol.